The summed E-state index contributed by atoms with van der Waals surface area (Å²) in [5.74, 6) is 0.136. The summed E-state index contributed by atoms with van der Waals surface area (Å²) in [5, 5.41) is 15.0. The molecule has 0 amide bonds. The minimum Gasteiger partial charge on any atom is -0.409 e. The second kappa shape index (κ2) is 7.87. The van der Waals surface area contributed by atoms with Gasteiger partial charge in [-0.1, -0.05) is 36.2 Å². The Morgan fingerprint density at radius 2 is 2.20 bits per heavy atom. The van der Waals surface area contributed by atoms with Crippen molar-refractivity contribution < 1.29 is 9.94 Å². The summed E-state index contributed by atoms with van der Waals surface area (Å²) in [7, 11) is 0. The number of amidine groups is 1. The van der Waals surface area contributed by atoms with Gasteiger partial charge in [0.25, 0.3) is 0 Å². The molecule has 110 valence electrons. The van der Waals surface area contributed by atoms with Crippen LogP contribution in [-0.4, -0.2) is 30.3 Å². The first-order chi connectivity index (χ1) is 9.79. The molecular formula is C15H23N3O2. The van der Waals surface area contributed by atoms with Gasteiger partial charge in [-0.25, -0.2) is 0 Å². The highest BCUT2D eigenvalue weighted by Gasteiger charge is 2.14. The topological polar surface area (TPSA) is 79.9 Å². The highest BCUT2D eigenvalue weighted by atomic mass is 16.5. The minimum atomic E-state index is 0.136. The summed E-state index contributed by atoms with van der Waals surface area (Å²) >= 11 is 0. The predicted octanol–water partition coefficient (Wildman–Crippen LogP) is 1.83. The van der Waals surface area contributed by atoms with Crippen LogP contribution in [0.5, 0.6) is 0 Å². The number of rotatable bonds is 7. The first-order valence-corrected chi connectivity index (χ1v) is 7.19. The Morgan fingerprint density at radius 1 is 1.40 bits per heavy atom. The minimum absolute atomic E-state index is 0.136. The fraction of sp³-hybridized carbons (Fsp3) is 0.533. The van der Waals surface area contributed by atoms with E-state index in [9.17, 15) is 0 Å². The van der Waals surface area contributed by atoms with Gasteiger partial charge < -0.3 is 21.0 Å². The van der Waals surface area contributed by atoms with E-state index in [0.717, 1.165) is 30.8 Å². The Hall–Kier alpha value is -1.59. The fourth-order valence-electron chi connectivity index (χ4n) is 2.48. The largest absolute Gasteiger partial charge is 0.409 e. The smallest absolute Gasteiger partial charge is 0.170 e. The van der Waals surface area contributed by atoms with E-state index in [0.29, 0.717) is 6.10 Å². The van der Waals surface area contributed by atoms with Crippen molar-refractivity contribution in [2.75, 3.05) is 13.2 Å². The summed E-state index contributed by atoms with van der Waals surface area (Å²) < 4.78 is 5.79. The lowest BCUT2D eigenvalue weighted by atomic mass is 10.1. The van der Waals surface area contributed by atoms with Crippen LogP contribution in [-0.2, 0) is 11.3 Å². The number of hydrogen-bond acceptors (Lipinski definition) is 4. The first-order valence-electron chi connectivity index (χ1n) is 7.19. The lowest BCUT2D eigenvalue weighted by molar-refractivity contribution is 0.0603. The number of benzene rings is 1. The van der Waals surface area contributed by atoms with Crippen molar-refractivity contribution in [2.24, 2.45) is 10.9 Å². The van der Waals surface area contributed by atoms with Gasteiger partial charge >= 0.3 is 0 Å². The van der Waals surface area contributed by atoms with Gasteiger partial charge in [-0.3, -0.25) is 0 Å². The quantitative estimate of drug-likeness (QED) is 0.233. The van der Waals surface area contributed by atoms with E-state index >= 15 is 0 Å². The number of oxime groups is 1. The van der Waals surface area contributed by atoms with Crippen molar-refractivity contribution in [3.8, 4) is 0 Å². The van der Waals surface area contributed by atoms with Crippen LogP contribution >= 0.6 is 0 Å². The maximum absolute atomic E-state index is 8.66. The van der Waals surface area contributed by atoms with E-state index in [1.54, 1.807) is 0 Å². The zero-order valence-corrected chi connectivity index (χ0v) is 11.7. The molecule has 1 aromatic rings. The van der Waals surface area contributed by atoms with Gasteiger partial charge in [-0.2, -0.15) is 0 Å². The summed E-state index contributed by atoms with van der Waals surface area (Å²) in [6.07, 6.45) is 5.50. The Kier molecular flexibility index (Phi) is 5.83. The fourth-order valence-corrected chi connectivity index (χ4v) is 2.48. The van der Waals surface area contributed by atoms with Crippen LogP contribution in [0.15, 0.2) is 29.4 Å². The zero-order valence-electron chi connectivity index (χ0n) is 11.7. The third-order valence-electron chi connectivity index (χ3n) is 3.59. The molecule has 1 saturated carbocycles. The van der Waals surface area contributed by atoms with Crippen LogP contribution in [0.3, 0.4) is 0 Å². The maximum atomic E-state index is 8.66. The number of nitrogens with two attached hydrogens (primary N) is 1. The van der Waals surface area contributed by atoms with Crippen molar-refractivity contribution >= 4 is 5.84 Å². The number of ether oxygens (including phenoxy) is 1. The average molecular weight is 277 g/mol. The Bertz CT molecular complexity index is 442. The third-order valence-corrected chi connectivity index (χ3v) is 3.59. The molecule has 5 heteroatoms. The summed E-state index contributed by atoms with van der Waals surface area (Å²) in [5.41, 5.74) is 7.41. The molecule has 1 fully saturated rings. The normalized spacial score (nSPS) is 16.7. The Labute approximate surface area is 119 Å². The van der Waals surface area contributed by atoms with E-state index in [1.807, 2.05) is 24.3 Å². The van der Waals surface area contributed by atoms with Crippen LogP contribution < -0.4 is 11.1 Å². The average Bonchev–Trinajstić information content (AvgIpc) is 2.99. The van der Waals surface area contributed by atoms with Gasteiger partial charge in [0.15, 0.2) is 5.84 Å². The van der Waals surface area contributed by atoms with E-state index < -0.39 is 0 Å². The van der Waals surface area contributed by atoms with Gasteiger partial charge in [-0.15, -0.1) is 0 Å². The van der Waals surface area contributed by atoms with Crippen molar-refractivity contribution in [2.45, 2.75) is 38.3 Å². The molecule has 0 unspecified atom stereocenters. The van der Waals surface area contributed by atoms with Crippen LogP contribution in [0, 0.1) is 0 Å². The number of hydrogen-bond donors (Lipinski definition) is 3. The molecule has 2 rings (SSSR count). The van der Waals surface area contributed by atoms with Gasteiger partial charge in [0, 0.05) is 18.7 Å². The van der Waals surface area contributed by atoms with Gasteiger partial charge in [0.1, 0.15) is 0 Å². The van der Waals surface area contributed by atoms with Crippen molar-refractivity contribution in [3.05, 3.63) is 35.4 Å². The summed E-state index contributed by atoms with van der Waals surface area (Å²) in [6, 6.07) is 7.65. The molecule has 0 aliphatic heterocycles. The second-order valence-corrected chi connectivity index (χ2v) is 5.14. The van der Waals surface area contributed by atoms with Crippen molar-refractivity contribution in [1.82, 2.24) is 5.32 Å². The molecule has 5 nitrogen and oxygen atoms in total. The van der Waals surface area contributed by atoms with E-state index in [4.69, 9.17) is 15.7 Å². The van der Waals surface area contributed by atoms with E-state index in [1.165, 1.54) is 25.7 Å². The molecule has 20 heavy (non-hydrogen) atoms. The molecule has 0 heterocycles. The molecule has 0 atom stereocenters. The molecule has 0 aromatic heterocycles. The first kappa shape index (κ1) is 14.8. The van der Waals surface area contributed by atoms with E-state index in [2.05, 4.69) is 10.5 Å². The number of nitrogens with zero attached hydrogens (tertiary/aromatic N) is 1. The molecule has 1 aliphatic carbocycles. The predicted molar refractivity (Wildman–Crippen MR) is 78.9 cm³/mol. The third kappa shape index (κ3) is 4.51. The highest BCUT2D eigenvalue weighted by Crippen LogP contribution is 2.20. The van der Waals surface area contributed by atoms with Crippen LogP contribution in [0.4, 0.5) is 0 Å². The van der Waals surface area contributed by atoms with Crippen LogP contribution in [0.25, 0.3) is 0 Å². The van der Waals surface area contributed by atoms with Crippen molar-refractivity contribution in [3.63, 3.8) is 0 Å². The molecular weight excluding hydrogens is 254 g/mol. The Morgan fingerprint density at radius 3 is 2.95 bits per heavy atom. The molecule has 4 N–H and O–H groups in total. The highest BCUT2D eigenvalue weighted by molar-refractivity contribution is 5.97. The molecule has 1 aliphatic rings. The maximum Gasteiger partial charge on any atom is 0.170 e. The number of nitrogens with one attached hydrogen (secondary N) is 1. The monoisotopic (exact) mass is 277 g/mol. The van der Waals surface area contributed by atoms with Crippen LogP contribution in [0.1, 0.15) is 36.8 Å². The second-order valence-electron chi connectivity index (χ2n) is 5.14. The lowest BCUT2D eigenvalue weighted by Gasteiger charge is -2.11. The van der Waals surface area contributed by atoms with E-state index in [-0.39, 0.29) is 5.84 Å². The summed E-state index contributed by atoms with van der Waals surface area (Å²) in [6.45, 7) is 2.34. The Balaban J connectivity index is 1.68. The SMILES string of the molecule is NC(=NO)c1cccc(CNCCOC2CCCC2)c1. The standard InChI is InChI=1S/C15H23N3O2/c16-15(18-19)13-5-3-4-12(10-13)11-17-8-9-20-14-6-1-2-7-14/h3-5,10,14,17,19H,1-2,6-9,11H2,(H2,16,18). The van der Waals surface area contributed by atoms with Crippen LogP contribution in [0.2, 0.25) is 0 Å². The molecule has 0 bridgehead atoms. The zero-order chi connectivity index (χ0) is 14.2. The van der Waals surface area contributed by atoms with Gasteiger partial charge in [-0.05, 0) is 24.5 Å². The van der Waals surface area contributed by atoms with Gasteiger partial charge in [0.05, 0.1) is 12.7 Å². The van der Waals surface area contributed by atoms with Gasteiger partial charge in [0.2, 0.25) is 0 Å². The lowest BCUT2D eigenvalue weighted by Crippen LogP contribution is -2.22. The molecule has 1 aromatic carbocycles. The molecule has 0 saturated heterocycles. The molecule has 0 spiro atoms. The van der Waals surface area contributed by atoms with Crippen molar-refractivity contribution in [1.29, 1.82) is 0 Å². The molecule has 0 radical (unpaired) electrons. The summed E-state index contributed by atoms with van der Waals surface area (Å²) in [4.78, 5) is 0.